The van der Waals surface area contributed by atoms with Crippen molar-refractivity contribution in [3.05, 3.63) is 29.8 Å². The van der Waals surface area contributed by atoms with E-state index in [1.165, 1.54) is 19.3 Å². The number of hydrogen-bond acceptors (Lipinski definition) is 3. The largest absolute Gasteiger partial charge is 0.347 e. The molecule has 0 spiro atoms. The van der Waals surface area contributed by atoms with E-state index in [4.69, 9.17) is 12.2 Å². The third-order valence-electron chi connectivity index (χ3n) is 3.65. The summed E-state index contributed by atoms with van der Waals surface area (Å²) in [5.41, 5.74) is 1.02. The van der Waals surface area contributed by atoms with Crippen LogP contribution in [0.5, 0.6) is 0 Å². The quantitative estimate of drug-likeness (QED) is 0.464. The van der Waals surface area contributed by atoms with Crippen LogP contribution in [-0.4, -0.2) is 22.5 Å². The molecule has 0 saturated heterocycles. The molecule has 0 heterocycles. The number of unbranched alkanes of at least 4 members (excludes halogenated alkanes) is 4. The molecule has 0 aliphatic rings. The van der Waals surface area contributed by atoms with Crippen molar-refractivity contribution in [2.24, 2.45) is 0 Å². The normalized spacial score (nSPS) is 10.9. The lowest BCUT2D eigenvalue weighted by atomic mass is 10.1. The average Bonchev–Trinajstić information content (AvgIpc) is 2.53. The van der Waals surface area contributed by atoms with E-state index in [0.717, 1.165) is 18.5 Å². The van der Waals surface area contributed by atoms with Crippen molar-refractivity contribution < 1.29 is 9.59 Å². The van der Waals surface area contributed by atoms with E-state index in [1.54, 1.807) is 24.3 Å². The Hall–Kier alpha value is -1.95. The maximum Gasteiger partial charge on any atom is 0.251 e. The molecule has 1 aromatic carbocycles. The minimum Gasteiger partial charge on any atom is -0.347 e. The standard InChI is InChI=1S/C20H31N3O2S/c1-5-6-7-8-9-10-17(24)22-19(26)21-16-13-11-15(12-14-16)18(25)23-20(2,3)4/h11-14H,5-10H2,1-4H3,(H,23,25)(H2,21,22,24,26). The van der Waals surface area contributed by atoms with E-state index in [-0.39, 0.29) is 22.5 Å². The number of carbonyl (C=O) groups excluding carboxylic acids is 2. The van der Waals surface area contributed by atoms with Gasteiger partial charge in [0.1, 0.15) is 0 Å². The van der Waals surface area contributed by atoms with Crippen LogP contribution in [0.1, 0.15) is 76.6 Å². The first kappa shape index (κ1) is 22.1. The minimum atomic E-state index is -0.281. The molecule has 1 rings (SSSR count). The first-order valence-electron chi connectivity index (χ1n) is 9.24. The molecule has 2 amide bonds. The summed E-state index contributed by atoms with van der Waals surface area (Å²) >= 11 is 5.17. The van der Waals surface area contributed by atoms with Gasteiger partial charge in [-0.1, -0.05) is 32.6 Å². The second kappa shape index (κ2) is 10.9. The number of rotatable bonds is 8. The van der Waals surface area contributed by atoms with E-state index in [2.05, 4.69) is 22.9 Å². The van der Waals surface area contributed by atoms with E-state index in [0.29, 0.717) is 12.0 Å². The second-order valence-corrected chi connectivity index (χ2v) is 7.86. The molecule has 26 heavy (non-hydrogen) atoms. The van der Waals surface area contributed by atoms with Crippen LogP contribution in [0.15, 0.2) is 24.3 Å². The second-order valence-electron chi connectivity index (χ2n) is 7.45. The Morgan fingerprint density at radius 2 is 1.62 bits per heavy atom. The number of hydrogen-bond donors (Lipinski definition) is 3. The number of amides is 2. The fourth-order valence-electron chi connectivity index (χ4n) is 2.36. The molecule has 0 radical (unpaired) electrons. The molecule has 0 unspecified atom stereocenters. The Bertz CT molecular complexity index is 606. The van der Waals surface area contributed by atoms with E-state index in [1.807, 2.05) is 20.8 Å². The molecule has 0 aromatic heterocycles. The van der Waals surface area contributed by atoms with Gasteiger partial charge in [0.2, 0.25) is 5.91 Å². The van der Waals surface area contributed by atoms with Crippen molar-refractivity contribution in [1.82, 2.24) is 10.6 Å². The number of carbonyl (C=O) groups is 2. The van der Waals surface area contributed by atoms with Crippen molar-refractivity contribution in [2.45, 2.75) is 71.8 Å². The highest BCUT2D eigenvalue weighted by molar-refractivity contribution is 7.80. The van der Waals surface area contributed by atoms with Gasteiger partial charge in [-0.05, 0) is 63.7 Å². The van der Waals surface area contributed by atoms with Crippen molar-refractivity contribution in [2.75, 3.05) is 5.32 Å². The summed E-state index contributed by atoms with van der Waals surface area (Å²) < 4.78 is 0. The highest BCUT2D eigenvalue weighted by atomic mass is 32.1. The van der Waals surface area contributed by atoms with Gasteiger partial charge in [0, 0.05) is 23.2 Å². The van der Waals surface area contributed by atoms with Gasteiger partial charge in [-0.25, -0.2) is 0 Å². The van der Waals surface area contributed by atoms with Crippen LogP contribution in [0, 0.1) is 0 Å². The molecule has 3 N–H and O–H groups in total. The minimum absolute atomic E-state index is 0.0693. The molecular weight excluding hydrogens is 346 g/mol. The summed E-state index contributed by atoms with van der Waals surface area (Å²) in [6.45, 7) is 7.98. The predicted octanol–water partition coefficient (Wildman–Crippen LogP) is 4.39. The van der Waals surface area contributed by atoms with Gasteiger partial charge in [0.05, 0.1) is 0 Å². The smallest absolute Gasteiger partial charge is 0.251 e. The molecule has 5 nitrogen and oxygen atoms in total. The van der Waals surface area contributed by atoms with Crippen molar-refractivity contribution in [3.63, 3.8) is 0 Å². The monoisotopic (exact) mass is 377 g/mol. The fraction of sp³-hybridized carbons (Fsp3) is 0.550. The topological polar surface area (TPSA) is 70.2 Å². The lowest BCUT2D eigenvalue weighted by Crippen LogP contribution is -2.40. The highest BCUT2D eigenvalue weighted by Gasteiger charge is 2.15. The molecule has 0 bridgehead atoms. The van der Waals surface area contributed by atoms with Crippen LogP contribution < -0.4 is 16.0 Å². The van der Waals surface area contributed by atoms with Crippen LogP contribution in [0.3, 0.4) is 0 Å². The van der Waals surface area contributed by atoms with Gasteiger partial charge in [-0.2, -0.15) is 0 Å². The molecule has 144 valence electrons. The van der Waals surface area contributed by atoms with E-state index >= 15 is 0 Å². The van der Waals surface area contributed by atoms with Crippen LogP contribution >= 0.6 is 12.2 Å². The number of thiocarbonyl (C=S) groups is 1. The van der Waals surface area contributed by atoms with Crippen molar-refractivity contribution in [1.29, 1.82) is 0 Å². The summed E-state index contributed by atoms with van der Waals surface area (Å²) in [6, 6.07) is 6.98. The Morgan fingerprint density at radius 1 is 1.00 bits per heavy atom. The molecule has 0 atom stereocenters. The molecule has 0 fully saturated rings. The molecule has 0 aliphatic carbocycles. The maximum absolute atomic E-state index is 12.1. The SMILES string of the molecule is CCCCCCCC(=O)NC(=S)Nc1ccc(C(=O)NC(C)(C)C)cc1. The summed E-state index contributed by atoms with van der Waals surface area (Å²) in [6.07, 6.45) is 6.01. The van der Waals surface area contributed by atoms with Crippen LogP contribution in [0.2, 0.25) is 0 Å². The van der Waals surface area contributed by atoms with Gasteiger partial charge >= 0.3 is 0 Å². The van der Waals surface area contributed by atoms with E-state index in [9.17, 15) is 9.59 Å². The number of benzene rings is 1. The molecule has 6 heteroatoms. The van der Waals surface area contributed by atoms with Gasteiger partial charge in [0.25, 0.3) is 5.91 Å². The van der Waals surface area contributed by atoms with Crippen LogP contribution in [0.4, 0.5) is 5.69 Å². The summed E-state index contributed by atoms with van der Waals surface area (Å²) in [5, 5.41) is 8.84. The maximum atomic E-state index is 12.1. The molecule has 1 aromatic rings. The Morgan fingerprint density at radius 3 is 2.19 bits per heavy atom. The third-order valence-corrected chi connectivity index (χ3v) is 3.86. The van der Waals surface area contributed by atoms with Crippen molar-refractivity contribution >= 4 is 34.8 Å². The lowest BCUT2D eigenvalue weighted by Gasteiger charge is -2.20. The fourth-order valence-corrected chi connectivity index (χ4v) is 2.59. The predicted molar refractivity (Wildman–Crippen MR) is 111 cm³/mol. The van der Waals surface area contributed by atoms with Gasteiger partial charge < -0.3 is 16.0 Å². The molecule has 0 aliphatic heterocycles. The Kier molecular flexibility index (Phi) is 9.27. The molecule has 0 saturated carbocycles. The van der Waals surface area contributed by atoms with Gasteiger partial charge in [-0.3, -0.25) is 9.59 Å². The summed E-state index contributed by atoms with van der Waals surface area (Å²) in [7, 11) is 0. The summed E-state index contributed by atoms with van der Waals surface area (Å²) in [4.78, 5) is 24.0. The van der Waals surface area contributed by atoms with Gasteiger partial charge in [-0.15, -0.1) is 0 Å². The Labute approximate surface area is 162 Å². The van der Waals surface area contributed by atoms with E-state index < -0.39 is 0 Å². The van der Waals surface area contributed by atoms with Crippen LogP contribution in [-0.2, 0) is 4.79 Å². The molecular formula is C20H31N3O2S. The first-order chi connectivity index (χ1) is 12.2. The van der Waals surface area contributed by atoms with Crippen LogP contribution in [0.25, 0.3) is 0 Å². The first-order valence-corrected chi connectivity index (χ1v) is 9.65. The van der Waals surface area contributed by atoms with Gasteiger partial charge in [0.15, 0.2) is 5.11 Å². The zero-order chi connectivity index (χ0) is 19.6. The summed E-state index contributed by atoms with van der Waals surface area (Å²) in [5.74, 6) is -0.192. The zero-order valence-corrected chi connectivity index (χ0v) is 17.1. The Balaban J connectivity index is 2.40. The number of nitrogens with one attached hydrogen (secondary N) is 3. The average molecular weight is 378 g/mol. The van der Waals surface area contributed by atoms with Crippen molar-refractivity contribution in [3.8, 4) is 0 Å². The zero-order valence-electron chi connectivity index (χ0n) is 16.3. The highest BCUT2D eigenvalue weighted by Crippen LogP contribution is 2.11. The lowest BCUT2D eigenvalue weighted by molar-refractivity contribution is -0.119. The number of anilines is 1. The third kappa shape index (κ3) is 9.51.